The molecule has 1 aromatic carbocycles. The molecule has 2 aromatic heterocycles. The van der Waals surface area contributed by atoms with Gasteiger partial charge in [-0.05, 0) is 43.7 Å². The number of aromatic nitrogens is 2. The summed E-state index contributed by atoms with van der Waals surface area (Å²) in [5.41, 5.74) is 1.77. The van der Waals surface area contributed by atoms with Crippen LogP contribution in [0.4, 0.5) is 0 Å². The van der Waals surface area contributed by atoms with E-state index in [1.54, 1.807) is 13.4 Å². The molecule has 0 saturated carbocycles. The SMILES string of the molecule is COc1ccc2nc(CNC(=O)[C@@H]3CCCN(Cc4ccco4)C3)[nH]c2c1. The predicted molar refractivity (Wildman–Crippen MR) is 101 cm³/mol. The second-order valence-corrected chi connectivity index (χ2v) is 6.94. The Morgan fingerprint density at radius 1 is 1.44 bits per heavy atom. The summed E-state index contributed by atoms with van der Waals surface area (Å²) in [5, 5.41) is 3.02. The van der Waals surface area contributed by atoms with Crippen LogP contribution in [0.3, 0.4) is 0 Å². The number of fused-ring (bicyclic) bond motifs is 1. The van der Waals surface area contributed by atoms with Crippen molar-refractivity contribution in [3.63, 3.8) is 0 Å². The minimum atomic E-state index is -0.00168. The number of amides is 1. The summed E-state index contributed by atoms with van der Waals surface area (Å²) in [4.78, 5) is 22.6. The number of hydrogen-bond acceptors (Lipinski definition) is 5. The standard InChI is InChI=1S/C20H24N4O3/c1-26-15-6-7-17-18(10-15)23-19(22-17)11-21-20(25)14-4-2-8-24(12-14)13-16-5-3-9-27-16/h3,5-7,9-10,14H,2,4,8,11-13H2,1H3,(H,21,25)(H,22,23)/t14-/m1/s1. The molecule has 2 N–H and O–H groups in total. The fraction of sp³-hybridized carbons (Fsp3) is 0.400. The number of carbonyl (C=O) groups excluding carboxylic acids is 1. The lowest BCUT2D eigenvalue weighted by atomic mass is 9.97. The van der Waals surface area contributed by atoms with E-state index in [1.807, 2.05) is 30.3 Å². The highest BCUT2D eigenvalue weighted by Crippen LogP contribution is 2.20. The molecule has 1 fully saturated rings. The summed E-state index contributed by atoms with van der Waals surface area (Å²) < 4.78 is 10.6. The van der Waals surface area contributed by atoms with Crippen molar-refractivity contribution in [3.8, 4) is 5.75 Å². The van der Waals surface area contributed by atoms with E-state index in [4.69, 9.17) is 9.15 Å². The second-order valence-electron chi connectivity index (χ2n) is 6.94. The fourth-order valence-corrected chi connectivity index (χ4v) is 3.60. The number of nitrogens with zero attached hydrogens (tertiary/aromatic N) is 2. The van der Waals surface area contributed by atoms with Crippen molar-refractivity contribution in [2.24, 2.45) is 5.92 Å². The first-order valence-corrected chi connectivity index (χ1v) is 9.26. The first-order chi connectivity index (χ1) is 13.2. The van der Waals surface area contributed by atoms with Crippen molar-refractivity contribution in [1.29, 1.82) is 0 Å². The number of hydrogen-bond donors (Lipinski definition) is 2. The van der Waals surface area contributed by atoms with E-state index < -0.39 is 0 Å². The van der Waals surface area contributed by atoms with Crippen LogP contribution in [-0.2, 0) is 17.9 Å². The molecular weight excluding hydrogens is 344 g/mol. The molecule has 0 aliphatic carbocycles. The minimum absolute atomic E-state index is 0.00168. The van der Waals surface area contributed by atoms with Gasteiger partial charge in [0, 0.05) is 12.6 Å². The van der Waals surface area contributed by atoms with Crippen LogP contribution < -0.4 is 10.1 Å². The van der Waals surface area contributed by atoms with Crippen molar-refractivity contribution in [3.05, 3.63) is 48.2 Å². The molecule has 142 valence electrons. The van der Waals surface area contributed by atoms with Gasteiger partial charge >= 0.3 is 0 Å². The smallest absolute Gasteiger partial charge is 0.224 e. The molecule has 0 bridgehead atoms. The average molecular weight is 368 g/mol. The van der Waals surface area contributed by atoms with Gasteiger partial charge in [0.05, 0.1) is 43.4 Å². The molecule has 0 spiro atoms. The summed E-state index contributed by atoms with van der Waals surface area (Å²) >= 11 is 0. The third-order valence-electron chi connectivity index (χ3n) is 5.00. The molecular formula is C20H24N4O3. The third kappa shape index (κ3) is 4.14. The summed E-state index contributed by atoms with van der Waals surface area (Å²) in [6, 6.07) is 9.55. The van der Waals surface area contributed by atoms with Crippen molar-refractivity contribution in [1.82, 2.24) is 20.2 Å². The van der Waals surface area contributed by atoms with Gasteiger partial charge in [0.1, 0.15) is 17.3 Å². The number of benzene rings is 1. The van der Waals surface area contributed by atoms with Crippen LogP contribution in [0, 0.1) is 5.92 Å². The zero-order valence-electron chi connectivity index (χ0n) is 15.4. The topological polar surface area (TPSA) is 83.4 Å². The number of H-pyrrole nitrogens is 1. The molecule has 3 aromatic rings. The number of ether oxygens (including phenoxy) is 1. The van der Waals surface area contributed by atoms with E-state index in [0.29, 0.717) is 6.54 Å². The number of rotatable bonds is 6. The van der Waals surface area contributed by atoms with Crippen LogP contribution >= 0.6 is 0 Å². The number of nitrogens with one attached hydrogen (secondary N) is 2. The van der Waals surface area contributed by atoms with Crippen LogP contribution in [0.2, 0.25) is 0 Å². The zero-order valence-corrected chi connectivity index (χ0v) is 15.4. The van der Waals surface area contributed by atoms with E-state index in [-0.39, 0.29) is 11.8 Å². The molecule has 27 heavy (non-hydrogen) atoms. The Balaban J connectivity index is 1.33. The number of carbonyl (C=O) groups is 1. The van der Waals surface area contributed by atoms with Gasteiger partial charge < -0.3 is 19.5 Å². The Hall–Kier alpha value is -2.80. The minimum Gasteiger partial charge on any atom is -0.497 e. The molecule has 4 rings (SSSR count). The van der Waals surface area contributed by atoms with Crippen LogP contribution in [0.5, 0.6) is 5.75 Å². The van der Waals surface area contributed by atoms with Gasteiger partial charge in [0.2, 0.25) is 5.91 Å². The monoisotopic (exact) mass is 368 g/mol. The molecule has 1 amide bonds. The van der Waals surface area contributed by atoms with Crippen molar-refractivity contribution < 1.29 is 13.9 Å². The van der Waals surface area contributed by atoms with E-state index in [0.717, 1.165) is 60.8 Å². The van der Waals surface area contributed by atoms with Gasteiger partial charge in [-0.3, -0.25) is 9.69 Å². The second kappa shape index (κ2) is 7.84. The zero-order chi connectivity index (χ0) is 18.6. The van der Waals surface area contributed by atoms with Crippen LogP contribution in [0.25, 0.3) is 11.0 Å². The number of aromatic amines is 1. The highest BCUT2D eigenvalue weighted by atomic mass is 16.5. The number of methoxy groups -OCH3 is 1. The van der Waals surface area contributed by atoms with Crippen molar-refractivity contribution in [2.75, 3.05) is 20.2 Å². The van der Waals surface area contributed by atoms with Gasteiger partial charge in [-0.15, -0.1) is 0 Å². The van der Waals surface area contributed by atoms with E-state index in [2.05, 4.69) is 20.2 Å². The Morgan fingerprint density at radius 2 is 2.37 bits per heavy atom. The van der Waals surface area contributed by atoms with Gasteiger partial charge in [0.15, 0.2) is 0 Å². The van der Waals surface area contributed by atoms with Gasteiger partial charge in [-0.2, -0.15) is 0 Å². The highest BCUT2D eigenvalue weighted by molar-refractivity contribution is 5.79. The number of likely N-dealkylation sites (tertiary alicyclic amines) is 1. The van der Waals surface area contributed by atoms with Crippen LogP contribution in [0.15, 0.2) is 41.0 Å². The van der Waals surface area contributed by atoms with Crippen LogP contribution in [-0.4, -0.2) is 41.0 Å². The normalized spacial score (nSPS) is 17.9. The van der Waals surface area contributed by atoms with Crippen molar-refractivity contribution >= 4 is 16.9 Å². The number of piperidine rings is 1. The molecule has 1 atom stereocenters. The average Bonchev–Trinajstić information content (AvgIpc) is 3.34. The molecule has 7 heteroatoms. The molecule has 7 nitrogen and oxygen atoms in total. The van der Waals surface area contributed by atoms with E-state index in [1.165, 1.54) is 0 Å². The Kier molecular flexibility index (Phi) is 5.11. The largest absolute Gasteiger partial charge is 0.497 e. The Labute approximate surface area is 157 Å². The van der Waals surface area contributed by atoms with Gasteiger partial charge in [-0.1, -0.05) is 0 Å². The van der Waals surface area contributed by atoms with Crippen molar-refractivity contribution in [2.45, 2.75) is 25.9 Å². The van der Waals surface area contributed by atoms with Crippen LogP contribution in [0.1, 0.15) is 24.4 Å². The lowest BCUT2D eigenvalue weighted by Gasteiger charge is -2.31. The molecule has 1 aliphatic rings. The summed E-state index contributed by atoms with van der Waals surface area (Å²) in [6.07, 6.45) is 3.62. The Morgan fingerprint density at radius 3 is 3.19 bits per heavy atom. The number of imidazole rings is 1. The number of furan rings is 1. The summed E-state index contributed by atoms with van der Waals surface area (Å²) in [6.45, 7) is 2.90. The highest BCUT2D eigenvalue weighted by Gasteiger charge is 2.26. The molecule has 0 radical (unpaired) electrons. The molecule has 1 aliphatic heterocycles. The summed E-state index contributed by atoms with van der Waals surface area (Å²) in [5.74, 6) is 2.54. The van der Waals surface area contributed by atoms with Gasteiger partial charge in [0.25, 0.3) is 0 Å². The maximum atomic E-state index is 12.6. The fourth-order valence-electron chi connectivity index (χ4n) is 3.60. The Bertz CT molecular complexity index is 903. The molecule has 3 heterocycles. The molecule has 0 unspecified atom stereocenters. The lowest BCUT2D eigenvalue weighted by molar-refractivity contribution is -0.127. The first kappa shape index (κ1) is 17.6. The maximum Gasteiger partial charge on any atom is 0.224 e. The van der Waals surface area contributed by atoms with E-state index >= 15 is 0 Å². The quantitative estimate of drug-likeness (QED) is 0.699. The summed E-state index contributed by atoms with van der Waals surface area (Å²) in [7, 11) is 1.64. The van der Waals surface area contributed by atoms with E-state index in [9.17, 15) is 4.79 Å². The predicted octanol–water partition coefficient (Wildman–Crippen LogP) is 2.69. The lowest BCUT2D eigenvalue weighted by Crippen LogP contribution is -2.42. The maximum absolute atomic E-state index is 12.6. The first-order valence-electron chi connectivity index (χ1n) is 9.26. The van der Waals surface area contributed by atoms with Gasteiger partial charge in [-0.25, -0.2) is 4.98 Å². The molecule has 1 saturated heterocycles. The third-order valence-corrected chi connectivity index (χ3v) is 5.00.